The molecule has 2 aromatic rings. The number of nitrogens with one attached hydrogen (secondary N) is 1. The second-order valence-electron chi connectivity index (χ2n) is 6.85. The van der Waals surface area contributed by atoms with Crippen LogP contribution in [0.3, 0.4) is 0 Å². The number of aromatic nitrogens is 1. The zero-order valence-electron chi connectivity index (χ0n) is 12.9. The first-order valence-electron chi connectivity index (χ1n) is 7.27. The zero-order valence-corrected chi connectivity index (χ0v) is 12.9. The minimum atomic E-state index is -0.364. The predicted octanol–water partition coefficient (Wildman–Crippen LogP) is 2.65. The molecule has 4 heteroatoms. The molecule has 3 rings (SSSR count). The Kier molecular flexibility index (Phi) is 2.94. The van der Waals surface area contributed by atoms with Crippen molar-refractivity contribution in [3.8, 4) is 0 Å². The second kappa shape index (κ2) is 4.45. The fourth-order valence-electron chi connectivity index (χ4n) is 2.99. The lowest BCUT2D eigenvalue weighted by Gasteiger charge is -2.21. The van der Waals surface area contributed by atoms with Crippen molar-refractivity contribution in [3.05, 3.63) is 45.7 Å². The third-order valence-electron chi connectivity index (χ3n) is 3.86. The summed E-state index contributed by atoms with van der Waals surface area (Å²) in [6.07, 6.45) is 2.62. The van der Waals surface area contributed by atoms with Gasteiger partial charge in [0.25, 0.3) is 5.91 Å². The summed E-state index contributed by atoms with van der Waals surface area (Å²) in [6.45, 7) is 7.82. The number of rotatable bonds is 1. The van der Waals surface area contributed by atoms with E-state index in [1.54, 1.807) is 6.20 Å². The second-order valence-corrected chi connectivity index (χ2v) is 6.85. The molecule has 0 unspecified atom stereocenters. The van der Waals surface area contributed by atoms with Gasteiger partial charge in [-0.05, 0) is 45.7 Å². The number of benzene rings is 1. The predicted molar refractivity (Wildman–Crippen MR) is 83.8 cm³/mol. The molecule has 1 N–H and O–H groups in total. The number of pyridine rings is 1. The summed E-state index contributed by atoms with van der Waals surface area (Å²) in [6, 6.07) is 6.03. The smallest absolute Gasteiger partial charge is 0.257 e. The van der Waals surface area contributed by atoms with Gasteiger partial charge in [0, 0.05) is 23.2 Å². The molecule has 0 bridgehead atoms. The quantitative estimate of drug-likeness (QED) is 0.875. The highest BCUT2D eigenvalue weighted by molar-refractivity contribution is 5.98. The SMILES string of the molecule is C[C@@H]1Cc2cccc3c(=O)c(C(=O)NC(C)(C)C)cn1c23. The Hall–Kier alpha value is -2.10. The standard InChI is InChI=1S/C17H20N2O2/c1-10-8-11-6-5-7-12-14(11)19(10)9-13(15(12)20)16(21)18-17(2,3)4/h5-7,9-10H,8H2,1-4H3,(H,18,21)/t10-/m1/s1. The first-order valence-corrected chi connectivity index (χ1v) is 7.27. The molecule has 1 amide bonds. The van der Waals surface area contributed by atoms with Crippen LogP contribution in [0.15, 0.2) is 29.2 Å². The van der Waals surface area contributed by atoms with Gasteiger partial charge >= 0.3 is 0 Å². The van der Waals surface area contributed by atoms with Gasteiger partial charge in [0.1, 0.15) is 5.56 Å². The van der Waals surface area contributed by atoms with Crippen LogP contribution in [0.25, 0.3) is 10.9 Å². The first kappa shape index (κ1) is 13.9. The van der Waals surface area contributed by atoms with Crippen molar-refractivity contribution in [3.63, 3.8) is 0 Å². The number of para-hydroxylation sites is 1. The Labute approximate surface area is 123 Å². The normalized spacial score (nSPS) is 17.2. The van der Waals surface area contributed by atoms with Crippen LogP contribution in [0, 0.1) is 0 Å². The van der Waals surface area contributed by atoms with Crippen molar-refractivity contribution >= 4 is 16.8 Å². The van der Waals surface area contributed by atoms with E-state index < -0.39 is 0 Å². The first-order chi connectivity index (χ1) is 9.78. The van der Waals surface area contributed by atoms with Gasteiger partial charge in [0.2, 0.25) is 5.43 Å². The van der Waals surface area contributed by atoms with E-state index in [0.717, 1.165) is 11.9 Å². The van der Waals surface area contributed by atoms with Gasteiger partial charge in [-0.15, -0.1) is 0 Å². The van der Waals surface area contributed by atoms with Gasteiger partial charge in [0.15, 0.2) is 0 Å². The van der Waals surface area contributed by atoms with Crippen molar-refractivity contribution in [2.75, 3.05) is 0 Å². The number of hydrogen-bond donors (Lipinski definition) is 1. The van der Waals surface area contributed by atoms with Gasteiger partial charge < -0.3 is 9.88 Å². The van der Waals surface area contributed by atoms with E-state index in [-0.39, 0.29) is 28.5 Å². The number of carbonyl (C=O) groups excluding carboxylic acids is 1. The lowest BCUT2D eigenvalue weighted by atomic mass is 10.1. The fourth-order valence-corrected chi connectivity index (χ4v) is 2.99. The highest BCUT2D eigenvalue weighted by atomic mass is 16.2. The number of nitrogens with zero attached hydrogens (tertiary/aromatic N) is 1. The Morgan fingerprint density at radius 2 is 2.05 bits per heavy atom. The molecular weight excluding hydrogens is 264 g/mol. The number of carbonyl (C=O) groups is 1. The molecule has 0 spiro atoms. The molecule has 0 fully saturated rings. The summed E-state index contributed by atoms with van der Waals surface area (Å²) < 4.78 is 2.06. The largest absolute Gasteiger partial charge is 0.347 e. The Morgan fingerprint density at radius 1 is 1.33 bits per heavy atom. The van der Waals surface area contributed by atoms with E-state index in [1.165, 1.54) is 5.56 Å². The van der Waals surface area contributed by atoms with Gasteiger partial charge in [0.05, 0.1) is 5.52 Å². The van der Waals surface area contributed by atoms with Crippen molar-refractivity contribution < 1.29 is 4.79 Å². The molecule has 0 saturated carbocycles. The van der Waals surface area contributed by atoms with Crippen LogP contribution in [0.5, 0.6) is 0 Å². The average molecular weight is 284 g/mol. The zero-order chi connectivity index (χ0) is 15.4. The fraction of sp³-hybridized carbons (Fsp3) is 0.412. The van der Waals surface area contributed by atoms with Crippen LogP contribution in [0.1, 0.15) is 49.7 Å². The van der Waals surface area contributed by atoms with Crippen molar-refractivity contribution in [1.82, 2.24) is 9.88 Å². The maximum absolute atomic E-state index is 12.6. The van der Waals surface area contributed by atoms with Gasteiger partial charge in [-0.2, -0.15) is 0 Å². The van der Waals surface area contributed by atoms with Crippen LogP contribution in [0.2, 0.25) is 0 Å². The Balaban J connectivity index is 2.22. The molecular formula is C17H20N2O2. The highest BCUT2D eigenvalue weighted by Gasteiger charge is 2.25. The van der Waals surface area contributed by atoms with E-state index >= 15 is 0 Å². The maximum atomic E-state index is 12.6. The highest BCUT2D eigenvalue weighted by Crippen LogP contribution is 2.30. The summed E-state index contributed by atoms with van der Waals surface area (Å²) >= 11 is 0. The van der Waals surface area contributed by atoms with E-state index in [1.807, 2.05) is 32.9 Å². The molecule has 2 heterocycles. The van der Waals surface area contributed by atoms with E-state index in [9.17, 15) is 9.59 Å². The molecule has 1 atom stereocenters. The van der Waals surface area contributed by atoms with E-state index in [4.69, 9.17) is 0 Å². The van der Waals surface area contributed by atoms with E-state index in [2.05, 4.69) is 22.9 Å². The summed E-state index contributed by atoms with van der Waals surface area (Å²) in [5.41, 5.74) is 1.83. The molecule has 4 nitrogen and oxygen atoms in total. The molecule has 0 saturated heterocycles. The maximum Gasteiger partial charge on any atom is 0.257 e. The molecule has 0 aliphatic carbocycles. The summed E-state index contributed by atoms with van der Waals surface area (Å²) in [5, 5.41) is 3.51. The lowest BCUT2D eigenvalue weighted by molar-refractivity contribution is 0.0918. The minimum absolute atomic E-state index is 0.182. The number of hydrogen-bond acceptors (Lipinski definition) is 2. The van der Waals surface area contributed by atoms with Crippen LogP contribution in [-0.4, -0.2) is 16.0 Å². The third kappa shape index (κ3) is 2.24. The Bertz CT molecular complexity index is 797. The lowest BCUT2D eigenvalue weighted by Crippen LogP contribution is -2.42. The molecule has 1 aromatic carbocycles. The van der Waals surface area contributed by atoms with Crippen LogP contribution in [0.4, 0.5) is 0 Å². The monoisotopic (exact) mass is 284 g/mol. The molecule has 1 aliphatic rings. The number of amides is 1. The topological polar surface area (TPSA) is 51.1 Å². The van der Waals surface area contributed by atoms with Crippen molar-refractivity contribution in [2.45, 2.75) is 45.7 Å². The summed E-state index contributed by atoms with van der Waals surface area (Å²) in [5.74, 6) is -0.303. The molecule has 110 valence electrons. The molecule has 1 aromatic heterocycles. The van der Waals surface area contributed by atoms with Crippen molar-refractivity contribution in [1.29, 1.82) is 0 Å². The van der Waals surface area contributed by atoms with Gasteiger partial charge in [-0.1, -0.05) is 12.1 Å². The third-order valence-corrected chi connectivity index (χ3v) is 3.86. The molecule has 1 aliphatic heterocycles. The van der Waals surface area contributed by atoms with Crippen LogP contribution in [-0.2, 0) is 6.42 Å². The molecule has 21 heavy (non-hydrogen) atoms. The van der Waals surface area contributed by atoms with E-state index in [0.29, 0.717) is 5.39 Å². The Morgan fingerprint density at radius 3 is 2.71 bits per heavy atom. The van der Waals surface area contributed by atoms with Crippen LogP contribution < -0.4 is 10.7 Å². The minimum Gasteiger partial charge on any atom is -0.347 e. The summed E-state index contributed by atoms with van der Waals surface area (Å²) in [4.78, 5) is 25.0. The molecule has 0 radical (unpaired) electrons. The van der Waals surface area contributed by atoms with Crippen molar-refractivity contribution in [2.24, 2.45) is 0 Å². The van der Waals surface area contributed by atoms with Gasteiger partial charge in [-0.3, -0.25) is 9.59 Å². The van der Waals surface area contributed by atoms with Gasteiger partial charge in [-0.25, -0.2) is 0 Å². The average Bonchev–Trinajstić information content (AvgIpc) is 2.68. The van der Waals surface area contributed by atoms with Crippen LogP contribution >= 0.6 is 0 Å². The summed E-state index contributed by atoms with van der Waals surface area (Å²) in [7, 11) is 0.